The van der Waals surface area contributed by atoms with Crippen LogP contribution in [0.3, 0.4) is 0 Å². The zero-order chi connectivity index (χ0) is 14.4. The lowest BCUT2D eigenvalue weighted by Crippen LogP contribution is -2.33. The molecule has 0 saturated heterocycles. The van der Waals surface area contributed by atoms with Crippen LogP contribution < -0.4 is 11.2 Å². The third kappa shape index (κ3) is 3.54. The van der Waals surface area contributed by atoms with Gasteiger partial charge >= 0.3 is 5.69 Å². The van der Waals surface area contributed by atoms with Crippen molar-refractivity contribution in [1.29, 1.82) is 0 Å². The van der Waals surface area contributed by atoms with Crippen LogP contribution in [0, 0.1) is 0 Å². The highest BCUT2D eigenvalue weighted by Crippen LogP contribution is 2.12. The molecule has 0 atom stereocenters. The zero-order valence-corrected chi connectivity index (χ0v) is 11.1. The van der Waals surface area contributed by atoms with Gasteiger partial charge in [-0.15, -0.1) is 0 Å². The molecule has 0 amide bonds. The topological polar surface area (TPSA) is 108 Å². The highest BCUT2D eigenvalue weighted by Gasteiger charge is 2.16. The van der Waals surface area contributed by atoms with Gasteiger partial charge in [0, 0.05) is 12.3 Å². The van der Waals surface area contributed by atoms with E-state index in [-0.39, 0.29) is 30.3 Å². The Morgan fingerprint density at radius 1 is 1.42 bits per heavy atom. The summed E-state index contributed by atoms with van der Waals surface area (Å²) in [4.78, 5) is 29.5. The number of aromatic nitrogens is 2. The summed E-state index contributed by atoms with van der Waals surface area (Å²) in [6.07, 6.45) is 1.57. The Morgan fingerprint density at radius 2 is 2.11 bits per heavy atom. The van der Waals surface area contributed by atoms with Crippen LogP contribution in [0.4, 0.5) is 0 Å². The van der Waals surface area contributed by atoms with E-state index in [1.807, 2.05) is 6.92 Å². The third-order valence-electron chi connectivity index (χ3n) is 2.72. The fourth-order valence-corrected chi connectivity index (χ4v) is 1.71. The van der Waals surface area contributed by atoms with E-state index < -0.39 is 11.2 Å². The molecule has 0 fully saturated rings. The largest absolute Gasteiger partial charge is 0.494 e. The SMILES string of the molecule is CCCCn1c(O)c(C(C)=NCCO)c(=O)[nH]c1=O. The van der Waals surface area contributed by atoms with Crippen LogP contribution in [0.5, 0.6) is 5.88 Å². The molecular weight excluding hydrogens is 250 g/mol. The number of nitrogens with zero attached hydrogens (tertiary/aromatic N) is 2. The van der Waals surface area contributed by atoms with E-state index in [4.69, 9.17) is 5.11 Å². The Balaban J connectivity index is 3.32. The Hall–Kier alpha value is -1.89. The van der Waals surface area contributed by atoms with Gasteiger partial charge in [-0.2, -0.15) is 0 Å². The minimum atomic E-state index is -0.672. The zero-order valence-electron chi connectivity index (χ0n) is 11.1. The minimum absolute atomic E-state index is 0.0239. The lowest BCUT2D eigenvalue weighted by molar-refractivity contribution is 0.307. The van der Waals surface area contributed by atoms with Crippen molar-refractivity contribution in [3.63, 3.8) is 0 Å². The molecule has 0 aliphatic rings. The van der Waals surface area contributed by atoms with E-state index in [1.165, 1.54) is 0 Å². The summed E-state index contributed by atoms with van der Waals surface area (Å²) in [5.41, 5.74) is -1.04. The second-order valence-corrected chi connectivity index (χ2v) is 4.15. The van der Waals surface area contributed by atoms with Gasteiger partial charge in [0.05, 0.1) is 13.2 Å². The number of aromatic hydroxyl groups is 1. The predicted octanol–water partition coefficient (Wildman–Crippen LogP) is -0.156. The van der Waals surface area contributed by atoms with Crippen molar-refractivity contribution in [2.24, 2.45) is 4.99 Å². The number of H-pyrrole nitrogens is 1. The first-order chi connectivity index (χ1) is 9.02. The van der Waals surface area contributed by atoms with Gasteiger partial charge in [0.1, 0.15) is 5.56 Å². The summed E-state index contributed by atoms with van der Waals surface area (Å²) >= 11 is 0. The average molecular weight is 269 g/mol. The maximum atomic E-state index is 11.7. The van der Waals surface area contributed by atoms with Gasteiger partial charge in [0.2, 0.25) is 5.88 Å². The van der Waals surface area contributed by atoms with Crippen LogP contribution in [-0.2, 0) is 6.54 Å². The van der Waals surface area contributed by atoms with Crippen molar-refractivity contribution in [1.82, 2.24) is 9.55 Å². The van der Waals surface area contributed by atoms with Crippen molar-refractivity contribution in [3.05, 3.63) is 26.4 Å². The molecule has 19 heavy (non-hydrogen) atoms. The molecule has 0 aromatic carbocycles. The monoisotopic (exact) mass is 269 g/mol. The number of nitrogens with one attached hydrogen (secondary N) is 1. The van der Waals surface area contributed by atoms with Crippen LogP contribution in [0.25, 0.3) is 0 Å². The second kappa shape index (κ2) is 6.89. The number of aliphatic imine (C=N–C) groups is 1. The molecular formula is C12H19N3O4. The van der Waals surface area contributed by atoms with Crippen LogP contribution in [0.15, 0.2) is 14.6 Å². The van der Waals surface area contributed by atoms with Crippen LogP contribution >= 0.6 is 0 Å². The fraction of sp³-hybridized carbons (Fsp3) is 0.583. The summed E-state index contributed by atoms with van der Waals surface area (Å²) < 4.78 is 1.12. The Morgan fingerprint density at radius 3 is 2.68 bits per heavy atom. The number of hydrogen-bond donors (Lipinski definition) is 3. The van der Waals surface area contributed by atoms with Gasteiger partial charge in [-0.25, -0.2) is 4.79 Å². The number of hydrogen-bond acceptors (Lipinski definition) is 5. The number of unbranched alkanes of at least 4 members (excludes halogenated alkanes) is 1. The van der Waals surface area contributed by atoms with Crippen molar-refractivity contribution < 1.29 is 10.2 Å². The number of aromatic amines is 1. The second-order valence-electron chi connectivity index (χ2n) is 4.15. The molecule has 0 aliphatic carbocycles. The van der Waals surface area contributed by atoms with Crippen molar-refractivity contribution in [2.45, 2.75) is 33.2 Å². The lowest BCUT2D eigenvalue weighted by atomic mass is 10.2. The summed E-state index contributed by atoms with van der Waals surface area (Å²) in [5, 5.41) is 18.8. The normalized spacial score (nSPS) is 11.8. The lowest BCUT2D eigenvalue weighted by Gasteiger charge is -2.10. The quantitative estimate of drug-likeness (QED) is 0.624. The molecule has 3 N–H and O–H groups in total. The molecule has 0 unspecified atom stereocenters. The Bertz CT molecular complexity index is 571. The van der Waals surface area contributed by atoms with Gasteiger partial charge in [0.15, 0.2) is 0 Å². The first kappa shape index (κ1) is 15.2. The molecule has 106 valence electrons. The maximum Gasteiger partial charge on any atom is 0.331 e. The highest BCUT2D eigenvalue weighted by molar-refractivity contribution is 6.00. The Kier molecular flexibility index (Phi) is 5.50. The molecule has 0 radical (unpaired) electrons. The number of aliphatic hydroxyl groups excluding tert-OH is 1. The van der Waals surface area contributed by atoms with E-state index in [0.29, 0.717) is 13.0 Å². The van der Waals surface area contributed by atoms with Crippen molar-refractivity contribution in [2.75, 3.05) is 13.2 Å². The standard InChI is InChI=1S/C12H19N3O4/c1-3-4-6-15-11(18)9(8(2)13-5-7-16)10(17)14-12(15)19/h16,18H,3-7H2,1-2H3,(H,14,17,19). The molecule has 0 saturated carbocycles. The minimum Gasteiger partial charge on any atom is -0.494 e. The van der Waals surface area contributed by atoms with Crippen molar-refractivity contribution >= 4 is 5.71 Å². The molecule has 0 spiro atoms. The maximum absolute atomic E-state index is 11.7. The fourth-order valence-electron chi connectivity index (χ4n) is 1.71. The molecule has 7 nitrogen and oxygen atoms in total. The van der Waals surface area contributed by atoms with E-state index >= 15 is 0 Å². The summed E-state index contributed by atoms with van der Waals surface area (Å²) in [7, 11) is 0. The molecule has 1 rings (SSSR count). The van der Waals surface area contributed by atoms with Crippen LogP contribution in [-0.4, -0.2) is 38.6 Å². The molecule has 1 heterocycles. The average Bonchev–Trinajstić information content (AvgIpc) is 2.35. The number of aliphatic hydroxyl groups is 1. The summed E-state index contributed by atoms with van der Waals surface area (Å²) in [6, 6.07) is 0. The van der Waals surface area contributed by atoms with Gasteiger partial charge in [-0.1, -0.05) is 13.3 Å². The summed E-state index contributed by atoms with van der Waals surface area (Å²) in [6.45, 7) is 3.83. The van der Waals surface area contributed by atoms with E-state index in [0.717, 1.165) is 11.0 Å². The molecule has 1 aromatic rings. The van der Waals surface area contributed by atoms with E-state index in [1.54, 1.807) is 6.92 Å². The molecule has 1 aromatic heterocycles. The van der Waals surface area contributed by atoms with Crippen LogP contribution in [0.2, 0.25) is 0 Å². The molecule has 0 bridgehead atoms. The summed E-state index contributed by atoms with van der Waals surface area (Å²) in [5.74, 6) is -0.374. The predicted molar refractivity (Wildman–Crippen MR) is 72.1 cm³/mol. The third-order valence-corrected chi connectivity index (χ3v) is 2.72. The highest BCUT2D eigenvalue weighted by atomic mass is 16.3. The smallest absolute Gasteiger partial charge is 0.331 e. The van der Waals surface area contributed by atoms with E-state index in [2.05, 4.69) is 9.98 Å². The van der Waals surface area contributed by atoms with E-state index in [9.17, 15) is 14.7 Å². The first-order valence-corrected chi connectivity index (χ1v) is 6.21. The molecule has 0 aliphatic heterocycles. The van der Waals surface area contributed by atoms with Crippen LogP contribution in [0.1, 0.15) is 32.3 Å². The Labute approximate surface area is 110 Å². The van der Waals surface area contributed by atoms with Gasteiger partial charge in [0.25, 0.3) is 5.56 Å². The van der Waals surface area contributed by atoms with Gasteiger partial charge in [-0.3, -0.25) is 19.3 Å². The first-order valence-electron chi connectivity index (χ1n) is 6.21. The molecule has 7 heteroatoms. The number of rotatable bonds is 6. The van der Waals surface area contributed by atoms with Gasteiger partial charge in [-0.05, 0) is 13.3 Å². The van der Waals surface area contributed by atoms with Crippen molar-refractivity contribution in [3.8, 4) is 5.88 Å². The van der Waals surface area contributed by atoms with Gasteiger partial charge < -0.3 is 10.2 Å².